The van der Waals surface area contributed by atoms with E-state index >= 15 is 0 Å². The first kappa shape index (κ1) is 14.6. The molecule has 0 aliphatic heterocycles. The summed E-state index contributed by atoms with van der Waals surface area (Å²) in [7, 11) is -1.29. The molecule has 0 saturated carbocycles. The van der Waals surface area contributed by atoms with Gasteiger partial charge in [-0.2, -0.15) is 25.3 Å². The molecule has 0 aliphatic rings. The van der Waals surface area contributed by atoms with Gasteiger partial charge in [-0.3, -0.25) is 0 Å². The summed E-state index contributed by atoms with van der Waals surface area (Å²) in [5.41, 5.74) is 5.57. The monoisotopic (exact) mass is 281 g/mol. The molecule has 0 unspecified atom stereocenters. The molecule has 0 N–H and O–H groups in total. The van der Waals surface area contributed by atoms with Crippen LogP contribution in [0.2, 0.25) is 19.6 Å². The molecule has 0 amide bonds. The first-order chi connectivity index (χ1) is 7.96. The van der Waals surface area contributed by atoms with Gasteiger partial charge in [0.2, 0.25) is 0 Å². The molecule has 17 heavy (non-hydrogen) atoms. The second kappa shape index (κ2) is 6.44. The molecule has 0 aliphatic carbocycles. The van der Waals surface area contributed by atoms with Crippen LogP contribution in [0, 0.1) is 11.5 Å². The van der Waals surface area contributed by atoms with E-state index in [0.717, 1.165) is 11.3 Å². The number of hydrogen-bond acceptors (Lipinski definition) is 3. The molecule has 0 spiro atoms. The number of rotatable bonds is 3. The fraction of sp³-hybridized carbons (Fsp3) is 0.385. The average Bonchev–Trinajstić information content (AvgIpc) is 2.29. The van der Waals surface area contributed by atoms with Crippen molar-refractivity contribution in [3.63, 3.8) is 0 Å². The van der Waals surface area contributed by atoms with Crippen molar-refractivity contribution in [3.05, 3.63) is 29.8 Å². The van der Waals surface area contributed by atoms with E-state index < -0.39 is 8.07 Å². The lowest BCUT2D eigenvalue weighted by atomic mass is 10.2. The van der Waals surface area contributed by atoms with E-state index in [1.807, 2.05) is 0 Å². The highest BCUT2D eigenvalue weighted by Crippen LogP contribution is 2.16. The van der Waals surface area contributed by atoms with Gasteiger partial charge in [0.05, 0.1) is 11.8 Å². The minimum Gasteiger partial charge on any atom is -0.354 e. The Hall–Kier alpha value is -0.503. The van der Waals surface area contributed by atoms with Gasteiger partial charge in [0, 0.05) is 11.3 Å². The zero-order valence-electron chi connectivity index (χ0n) is 10.6. The Labute approximate surface area is 116 Å². The van der Waals surface area contributed by atoms with Crippen molar-refractivity contribution in [2.75, 3.05) is 16.7 Å². The minimum atomic E-state index is -1.29. The lowest BCUT2D eigenvalue weighted by Crippen LogP contribution is -2.19. The van der Waals surface area contributed by atoms with E-state index in [9.17, 15) is 0 Å². The third-order valence-corrected chi connectivity index (χ3v) is 3.71. The van der Waals surface area contributed by atoms with Crippen LogP contribution in [0.5, 0.6) is 0 Å². The molecule has 0 heterocycles. The molecule has 0 radical (unpaired) electrons. The fourth-order valence-electron chi connectivity index (χ4n) is 1.22. The molecule has 1 aromatic rings. The minimum absolute atomic E-state index is 0.670. The summed E-state index contributed by atoms with van der Waals surface area (Å²) in [6.45, 7) is 6.74. The maximum absolute atomic E-state index is 4.27. The predicted octanol–water partition coefficient (Wildman–Crippen LogP) is 3.50. The van der Waals surface area contributed by atoms with Crippen LogP contribution < -0.4 is 4.90 Å². The van der Waals surface area contributed by atoms with Crippen LogP contribution in [0.25, 0.3) is 0 Å². The molecule has 0 fully saturated rings. The molecule has 92 valence electrons. The zero-order valence-corrected chi connectivity index (χ0v) is 13.4. The second-order valence-corrected chi connectivity index (χ2v) is 10.2. The number of thiol groups is 2. The first-order valence-corrected chi connectivity index (χ1v) is 10.3. The number of hydrogen-bond donors (Lipinski definition) is 2. The highest BCUT2D eigenvalue weighted by molar-refractivity contribution is 7.81. The zero-order chi connectivity index (χ0) is 12.9. The van der Waals surface area contributed by atoms with Crippen LogP contribution in [0.3, 0.4) is 0 Å². The van der Waals surface area contributed by atoms with Gasteiger partial charge in [0.15, 0.2) is 0 Å². The molecule has 0 saturated heterocycles. The van der Waals surface area contributed by atoms with Crippen molar-refractivity contribution < 1.29 is 0 Å². The van der Waals surface area contributed by atoms with Gasteiger partial charge in [-0.25, -0.2) is 0 Å². The fourth-order valence-corrected chi connectivity index (χ4v) is 2.43. The van der Waals surface area contributed by atoms with E-state index in [4.69, 9.17) is 0 Å². The highest BCUT2D eigenvalue weighted by atomic mass is 32.1. The average molecular weight is 282 g/mol. The summed E-state index contributed by atoms with van der Waals surface area (Å²) in [4.78, 5) is 2.07. The van der Waals surface area contributed by atoms with Crippen LogP contribution >= 0.6 is 25.3 Å². The van der Waals surface area contributed by atoms with Gasteiger partial charge in [-0.1, -0.05) is 25.6 Å². The molecule has 1 rings (SSSR count). The SMILES string of the molecule is C[Si](C)(C)C#Cc1ccc(N(CS)CS)cc1. The van der Waals surface area contributed by atoms with Crippen molar-refractivity contribution >= 4 is 39.0 Å². The van der Waals surface area contributed by atoms with Crippen LogP contribution in [0.15, 0.2) is 24.3 Å². The largest absolute Gasteiger partial charge is 0.354 e. The number of nitrogens with zero attached hydrogens (tertiary/aromatic N) is 1. The van der Waals surface area contributed by atoms with Gasteiger partial charge in [-0.15, -0.1) is 5.54 Å². The van der Waals surface area contributed by atoms with Crippen molar-refractivity contribution in [1.29, 1.82) is 0 Å². The predicted molar refractivity (Wildman–Crippen MR) is 86.9 cm³/mol. The first-order valence-electron chi connectivity index (χ1n) is 5.56. The molecule has 0 bridgehead atoms. The van der Waals surface area contributed by atoms with Crippen LogP contribution in [-0.2, 0) is 0 Å². The van der Waals surface area contributed by atoms with E-state index in [2.05, 4.69) is 85.5 Å². The lowest BCUT2D eigenvalue weighted by molar-refractivity contribution is 1.07. The van der Waals surface area contributed by atoms with Crippen molar-refractivity contribution in [2.24, 2.45) is 0 Å². The smallest absolute Gasteiger partial charge is 0.129 e. The number of benzene rings is 1. The summed E-state index contributed by atoms with van der Waals surface area (Å²) < 4.78 is 0. The molecular formula is C13H19NS2Si. The van der Waals surface area contributed by atoms with Gasteiger partial charge in [-0.05, 0) is 24.3 Å². The normalized spacial score (nSPS) is 10.6. The van der Waals surface area contributed by atoms with E-state index in [1.54, 1.807) is 0 Å². The quantitative estimate of drug-likeness (QED) is 0.371. The summed E-state index contributed by atoms with van der Waals surface area (Å²) >= 11 is 8.53. The maximum atomic E-state index is 4.27. The summed E-state index contributed by atoms with van der Waals surface area (Å²) in [6, 6.07) is 8.26. The molecule has 1 nitrogen and oxygen atoms in total. The Balaban J connectivity index is 2.84. The summed E-state index contributed by atoms with van der Waals surface area (Å²) in [5.74, 6) is 4.58. The molecule has 0 atom stereocenters. The Morgan fingerprint density at radius 1 is 1.06 bits per heavy atom. The molecule has 0 aromatic heterocycles. The van der Waals surface area contributed by atoms with Gasteiger partial charge < -0.3 is 4.90 Å². The van der Waals surface area contributed by atoms with Crippen molar-refractivity contribution in [3.8, 4) is 11.5 Å². The third kappa shape index (κ3) is 5.11. The van der Waals surface area contributed by atoms with Crippen molar-refractivity contribution in [1.82, 2.24) is 0 Å². The van der Waals surface area contributed by atoms with Gasteiger partial charge in [0.25, 0.3) is 0 Å². The highest BCUT2D eigenvalue weighted by Gasteiger charge is 2.07. The topological polar surface area (TPSA) is 3.24 Å². The molecular weight excluding hydrogens is 262 g/mol. The third-order valence-electron chi connectivity index (χ3n) is 2.16. The Kier molecular flexibility index (Phi) is 5.51. The molecule has 1 aromatic carbocycles. The van der Waals surface area contributed by atoms with Crippen molar-refractivity contribution in [2.45, 2.75) is 19.6 Å². The summed E-state index contributed by atoms with van der Waals surface area (Å²) in [6.07, 6.45) is 0. The molecule has 4 heteroatoms. The Bertz CT molecular complexity index is 408. The van der Waals surface area contributed by atoms with E-state index in [0.29, 0.717) is 11.8 Å². The standard InChI is InChI=1S/C13H19NS2Si/c1-17(2,3)9-8-12-4-6-13(7-5-12)14(10-15)11-16/h4-7,15-16H,10-11H2,1-3H3. The lowest BCUT2D eigenvalue weighted by Gasteiger charge is -2.19. The summed E-state index contributed by atoms with van der Waals surface area (Å²) in [5, 5.41) is 0. The second-order valence-electron chi connectivity index (χ2n) is 4.87. The number of anilines is 1. The van der Waals surface area contributed by atoms with E-state index in [1.165, 1.54) is 0 Å². The Morgan fingerprint density at radius 2 is 1.59 bits per heavy atom. The maximum Gasteiger partial charge on any atom is 0.129 e. The van der Waals surface area contributed by atoms with Crippen LogP contribution in [0.1, 0.15) is 5.56 Å². The van der Waals surface area contributed by atoms with Crippen LogP contribution in [0.4, 0.5) is 5.69 Å². The van der Waals surface area contributed by atoms with Crippen LogP contribution in [-0.4, -0.2) is 19.8 Å². The van der Waals surface area contributed by atoms with Gasteiger partial charge in [0.1, 0.15) is 8.07 Å². The van der Waals surface area contributed by atoms with Gasteiger partial charge >= 0.3 is 0 Å². The van der Waals surface area contributed by atoms with E-state index in [-0.39, 0.29) is 0 Å². The Morgan fingerprint density at radius 3 is 2.00 bits per heavy atom.